The van der Waals surface area contributed by atoms with E-state index in [2.05, 4.69) is 0 Å². The van der Waals surface area contributed by atoms with Crippen molar-refractivity contribution < 1.29 is 18.3 Å². The van der Waals surface area contributed by atoms with Gasteiger partial charge in [0.15, 0.2) is 11.3 Å². The minimum Gasteiger partial charge on any atom is -0.493 e. The van der Waals surface area contributed by atoms with Gasteiger partial charge in [-0.3, -0.25) is 0 Å². The van der Waals surface area contributed by atoms with E-state index in [1.807, 2.05) is 54.6 Å². The normalized spacial score (nSPS) is 11.2. The average Bonchev–Trinajstić information content (AvgIpc) is 3.22. The molecule has 31 heavy (non-hydrogen) atoms. The Hall–Kier alpha value is -3.70. The maximum absolute atomic E-state index is 12.2. The number of hydrogen-bond donors (Lipinski definition) is 0. The second-order valence-corrected chi connectivity index (χ2v) is 7.41. The predicted molar refractivity (Wildman–Crippen MR) is 120 cm³/mol. The zero-order chi connectivity index (χ0) is 21.4. The highest BCUT2D eigenvalue weighted by atomic mass is 35.5. The van der Waals surface area contributed by atoms with Crippen molar-refractivity contribution in [1.82, 2.24) is 0 Å². The van der Waals surface area contributed by atoms with Gasteiger partial charge < -0.3 is 18.3 Å². The van der Waals surface area contributed by atoms with Crippen molar-refractivity contribution >= 4 is 33.5 Å². The fourth-order valence-electron chi connectivity index (χ4n) is 3.54. The molecule has 0 spiro atoms. The zero-order valence-electron chi connectivity index (χ0n) is 16.6. The molecule has 0 saturated heterocycles. The molecule has 2 heterocycles. The molecule has 3 aromatic carbocycles. The summed E-state index contributed by atoms with van der Waals surface area (Å²) in [5.41, 5.74) is 2.10. The van der Waals surface area contributed by atoms with E-state index in [0.29, 0.717) is 51.0 Å². The highest BCUT2D eigenvalue weighted by Gasteiger charge is 2.15. The lowest BCUT2D eigenvalue weighted by Gasteiger charge is -2.09. The van der Waals surface area contributed by atoms with E-state index in [1.54, 1.807) is 19.2 Å². The lowest BCUT2D eigenvalue weighted by atomic mass is 10.1. The Bertz CT molecular complexity index is 1460. The summed E-state index contributed by atoms with van der Waals surface area (Å²) in [6.07, 6.45) is 0. The largest absolute Gasteiger partial charge is 0.493 e. The van der Waals surface area contributed by atoms with Crippen LogP contribution in [0.3, 0.4) is 0 Å². The number of fused-ring (bicyclic) bond motifs is 2. The second-order valence-electron chi connectivity index (χ2n) is 7.01. The summed E-state index contributed by atoms with van der Waals surface area (Å²) in [7, 11) is 1.59. The topological polar surface area (TPSA) is 61.8 Å². The van der Waals surface area contributed by atoms with Crippen molar-refractivity contribution in [3.8, 4) is 22.8 Å². The monoisotopic (exact) mass is 432 g/mol. The minimum atomic E-state index is -0.459. The maximum Gasteiger partial charge on any atom is 0.336 e. The van der Waals surface area contributed by atoms with Gasteiger partial charge in [0, 0.05) is 33.0 Å². The molecule has 0 saturated carbocycles. The van der Waals surface area contributed by atoms with Crippen LogP contribution in [0.2, 0.25) is 5.02 Å². The summed E-state index contributed by atoms with van der Waals surface area (Å²) in [6, 6.07) is 21.8. The zero-order valence-corrected chi connectivity index (χ0v) is 17.3. The number of rotatable bonds is 5. The van der Waals surface area contributed by atoms with E-state index in [1.165, 1.54) is 6.07 Å². The third-order valence-corrected chi connectivity index (χ3v) is 5.43. The first-order chi connectivity index (χ1) is 15.1. The lowest BCUT2D eigenvalue weighted by molar-refractivity contribution is 0.306. The first-order valence-corrected chi connectivity index (χ1v) is 10.0. The maximum atomic E-state index is 12.2. The van der Waals surface area contributed by atoms with Crippen LogP contribution >= 0.6 is 11.6 Å². The lowest BCUT2D eigenvalue weighted by Crippen LogP contribution is -1.99. The highest BCUT2D eigenvalue weighted by molar-refractivity contribution is 6.31. The first kappa shape index (κ1) is 19.3. The van der Waals surface area contributed by atoms with Crippen LogP contribution in [0, 0.1) is 0 Å². The first-order valence-electron chi connectivity index (χ1n) is 9.63. The van der Waals surface area contributed by atoms with Crippen LogP contribution in [0.5, 0.6) is 11.5 Å². The molecule has 2 aromatic heterocycles. The molecule has 5 nitrogen and oxygen atoms in total. The number of para-hydroxylation sites is 1. The van der Waals surface area contributed by atoms with Crippen LogP contribution in [0.25, 0.3) is 33.3 Å². The average molecular weight is 433 g/mol. The van der Waals surface area contributed by atoms with Crippen LogP contribution in [0.1, 0.15) is 5.56 Å². The van der Waals surface area contributed by atoms with Gasteiger partial charge in [-0.1, -0.05) is 41.9 Å². The number of hydrogen-bond acceptors (Lipinski definition) is 5. The molecule has 0 N–H and O–H groups in total. The number of halogens is 1. The standard InChI is InChI=1S/C25H17ClO5/c1-28-22-8-4-6-15-11-23(31-25(15)22)19-13-24(27)30-21-10-9-17(12-18(19)21)29-14-16-5-2-3-7-20(16)26/h2-13H,14H2,1H3. The van der Waals surface area contributed by atoms with E-state index in [4.69, 9.17) is 29.9 Å². The van der Waals surface area contributed by atoms with E-state index in [-0.39, 0.29) is 0 Å². The molecule has 5 aromatic rings. The molecule has 0 unspecified atom stereocenters. The summed E-state index contributed by atoms with van der Waals surface area (Å²) in [6.45, 7) is 0.319. The summed E-state index contributed by atoms with van der Waals surface area (Å²) in [5.74, 6) is 1.79. The summed E-state index contributed by atoms with van der Waals surface area (Å²) >= 11 is 6.22. The minimum absolute atomic E-state index is 0.319. The van der Waals surface area contributed by atoms with Crippen molar-refractivity contribution in [3.63, 3.8) is 0 Å². The van der Waals surface area contributed by atoms with E-state index in [9.17, 15) is 4.79 Å². The number of furan rings is 1. The Morgan fingerprint density at radius 3 is 2.65 bits per heavy atom. The molecule has 0 aliphatic carbocycles. The quantitative estimate of drug-likeness (QED) is 0.299. The molecule has 5 rings (SSSR count). The molecule has 0 fully saturated rings. The molecular formula is C25H17ClO5. The number of methoxy groups -OCH3 is 1. The molecule has 0 amide bonds. The van der Waals surface area contributed by atoms with Gasteiger partial charge in [0.05, 0.1) is 7.11 Å². The van der Waals surface area contributed by atoms with Gasteiger partial charge in [-0.05, 0) is 36.4 Å². The fourth-order valence-corrected chi connectivity index (χ4v) is 3.73. The molecule has 0 bridgehead atoms. The van der Waals surface area contributed by atoms with Gasteiger partial charge in [-0.25, -0.2) is 4.79 Å². The molecule has 0 aliphatic rings. The molecule has 0 atom stereocenters. The van der Waals surface area contributed by atoms with Gasteiger partial charge in [0.25, 0.3) is 0 Å². The van der Waals surface area contributed by atoms with Gasteiger partial charge in [-0.2, -0.15) is 0 Å². The van der Waals surface area contributed by atoms with E-state index in [0.717, 1.165) is 10.9 Å². The number of benzene rings is 3. The van der Waals surface area contributed by atoms with Crippen molar-refractivity contribution in [2.75, 3.05) is 7.11 Å². The van der Waals surface area contributed by atoms with Gasteiger partial charge in [0.1, 0.15) is 23.7 Å². The Morgan fingerprint density at radius 1 is 0.935 bits per heavy atom. The van der Waals surface area contributed by atoms with Crippen LogP contribution < -0.4 is 15.1 Å². The van der Waals surface area contributed by atoms with Crippen LogP contribution in [0.15, 0.2) is 86.4 Å². The smallest absolute Gasteiger partial charge is 0.336 e. The van der Waals surface area contributed by atoms with Crippen molar-refractivity contribution in [2.24, 2.45) is 0 Å². The van der Waals surface area contributed by atoms with Crippen molar-refractivity contribution in [3.05, 3.63) is 93.8 Å². The Balaban J connectivity index is 1.59. The Morgan fingerprint density at radius 2 is 1.81 bits per heavy atom. The fraction of sp³-hybridized carbons (Fsp3) is 0.0800. The Kier molecular flexibility index (Phi) is 4.88. The molecule has 6 heteroatoms. The van der Waals surface area contributed by atoms with E-state index < -0.39 is 5.63 Å². The van der Waals surface area contributed by atoms with E-state index >= 15 is 0 Å². The SMILES string of the molecule is COc1cccc2cc(-c3cc(=O)oc4ccc(OCc5ccccc5Cl)cc34)oc12. The highest BCUT2D eigenvalue weighted by Crippen LogP contribution is 2.36. The third-order valence-electron chi connectivity index (χ3n) is 5.06. The summed E-state index contributed by atoms with van der Waals surface area (Å²) in [4.78, 5) is 12.2. The van der Waals surface area contributed by atoms with Gasteiger partial charge >= 0.3 is 5.63 Å². The number of ether oxygens (including phenoxy) is 2. The molecule has 0 aliphatic heterocycles. The van der Waals surface area contributed by atoms with Crippen LogP contribution in [0.4, 0.5) is 0 Å². The van der Waals surface area contributed by atoms with Gasteiger partial charge in [-0.15, -0.1) is 0 Å². The summed E-state index contributed by atoms with van der Waals surface area (Å²) in [5, 5.41) is 2.22. The van der Waals surface area contributed by atoms with Crippen LogP contribution in [-0.2, 0) is 6.61 Å². The van der Waals surface area contributed by atoms with Crippen molar-refractivity contribution in [2.45, 2.75) is 6.61 Å². The van der Waals surface area contributed by atoms with Gasteiger partial charge in [0.2, 0.25) is 0 Å². The predicted octanol–water partition coefficient (Wildman–Crippen LogP) is 6.45. The third kappa shape index (κ3) is 3.64. The molecule has 0 radical (unpaired) electrons. The molecular weight excluding hydrogens is 416 g/mol. The summed E-state index contributed by atoms with van der Waals surface area (Å²) < 4.78 is 22.8. The second kappa shape index (κ2) is 7.85. The molecule has 154 valence electrons. The van der Waals surface area contributed by atoms with Crippen molar-refractivity contribution in [1.29, 1.82) is 0 Å². The Labute approximate surface area is 182 Å². The van der Waals surface area contributed by atoms with Crippen LogP contribution in [-0.4, -0.2) is 7.11 Å².